The molecule has 51 heavy (non-hydrogen) atoms. The minimum atomic E-state index is -8.96. The molecule has 0 saturated carbocycles. The number of hydrogen-bond acceptors (Lipinski definition) is 5. The lowest BCUT2D eigenvalue weighted by Gasteiger charge is -2.43. The molecule has 0 spiro atoms. The van der Waals surface area contributed by atoms with Gasteiger partial charge < -0.3 is 4.74 Å². The number of nitrogens with zero attached hydrogens (tertiary/aromatic N) is 1. The smallest absolute Gasteiger partial charge is 0.460 e. The molecule has 7 nitrogen and oxygen atoms in total. The maximum atomic E-state index is 14.0. The molecule has 3 N–H and O–H groups in total. The standard InChI is InChI=1S/C25H22F19N3O4/c26-17(27,10-3-11-51-14-8-6-13(7-9-14)12-45-46-15(48)4-1-2-5-16(49)47-50)18(28,29)19(30,31)20(32,33)21(34,35)22(36,37)23(38,39)24(40,41)25(42,43)44/h6-9,12,50H,1-5,10-11H2,(H,46,48)(H,47,49)/b45-12+. The maximum absolute atomic E-state index is 14.0. The van der Waals surface area contributed by atoms with Crippen LogP contribution in [0.4, 0.5) is 83.4 Å². The number of hydrogen-bond donors (Lipinski definition) is 3. The van der Waals surface area contributed by atoms with Crippen LogP contribution in [0.2, 0.25) is 0 Å². The van der Waals surface area contributed by atoms with Crippen LogP contribution in [0.3, 0.4) is 0 Å². The van der Waals surface area contributed by atoms with E-state index >= 15 is 0 Å². The van der Waals surface area contributed by atoms with E-state index in [0.29, 0.717) is 0 Å². The summed E-state index contributed by atoms with van der Waals surface area (Å²) in [6.45, 7) is -1.16. The van der Waals surface area contributed by atoms with Crippen LogP contribution < -0.4 is 15.6 Å². The van der Waals surface area contributed by atoms with Crippen LogP contribution >= 0.6 is 0 Å². The van der Waals surface area contributed by atoms with Gasteiger partial charge in [-0.1, -0.05) is 0 Å². The van der Waals surface area contributed by atoms with Gasteiger partial charge in [0.1, 0.15) is 5.75 Å². The zero-order valence-electron chi connectivity index (χ0n) is 24.6. The number of hydroxylamine groups is 1. The van der Waals surface area contributed by atoms with Gasteiger partial charge in [-0.2, -0.15) is 88.5 Å². The van der Waals surface area contributed by atoms with E-state index in [1.807, 2.05) is 0 Å². The Balaban J connectivity index is 2.94. The van der Waals surface area contributed by atoms with Crippen LogP contribution in [0.5, 0.6) is 5.75 Å². The highest BCUT2D eigenvalue weighted by molar-refractivity contribution is 5.82. The second-order valence-corrected chi connectivity index (χ2v) is 10.3. The number of rotatable bonds is 19. The third-order valence-corrected chi connectivity index (χ3v) is 6.55. The largest absolute Gasteiger partial charge is 0.494 e. The van der Waals surface area contributed by atoms with E-state index in [9.17, 15) is 93.0 Å². The molecule has 0 unspecified atom stereocenters. The molecule has 0 aliphatic carbocycles. The molecule has 0 aliphatic rings. The van der Waals surface area contributed by atoms with Crippen molar-refractivity contribution in [3.63, 3.8) is 0 Å². The first kappa shape index (κ1) is 45.3. The molecule has 1 aromatic rings. The van der Waals surface area contributed by atoms with Crippen molar-refractivity contribution in [1.82, 2.24) is 10.9 Å². The molecule has 0 saturated heterocycles. The lowest BCUT2D eigenvalue weighted by atomic mass is 9.86. The average molecular weight is 789 g/mol. The Labute approximate surface area is 272 Å². The highest BCUT2D eigenvalue weighted by atomic mass is 19.4. The van der Waals surface area contributed by atoms with Crippen LogP contribution in [0.25, 0.3) is 0 Å². The van der Waals surface area contributed by atoms with Gasteiger partial charge in [0, 0.05) is 19.3 Å². The van der Waals surface area contributed by atoms with E-state index in [1.165, 1.54) is 17.6 Å². The highest BCUT2D eigenvalue weighted by Crippen LogP contribution is 2.65. The molecule has 0 aromatic heterocycles. The topological polar surface area (TPSA) is 100 Å². The Bertz CT molecular complexity index is 1370. The third-order valence-electron chi connectivity index (χ3n) is 6.55. The van der Waals surface area contributed by atoms with Gasteiger partial charge in [0.05, 0.1) is 12.8 Å². The quantitative estimate of drug-likeness (QED) is 0.0435. The van der Waals surface area contributed by atoms with Crippen molar-refractivity contribution in [2.75, 3.05) is 6.61 Å². The van der Waals surface area contributed by atoms with Crippen molar-refractivity contribution in [1.29, 1.82) is 0 Å². The minimum absolute atomic E-state index is 0.0605. The Morgan fingerprint density at radius 2 is 1.02 bits per heavy atom. The molecular weight excluding hydrogens is 767 g/mol. The summed E-state index contributed by atoms with van der Waals surface area (Å²) in [5, 5.41) is 11.9. The van der Waals surface area contributed by atoms with Gasteiger partial charge in [0.2, 0.25) is 11.8 Å². The lowest BCUT2D eigenvalue weighted by Crippen LogP contribution is -2.75. The summed E-state index contributed by atoms with van der Waals surface area (Å²) in [6.07, 6.45) is -10.7. The van der Waals surface area contributed by atoms with Gasteiger partial charge in [0.15, 0.2) is 0 Å². The molecule has 0 bridgehead atoms. The first-order valence-corrected chi connectivity index (χ1v) is 13.4. The van der Waals surface area contributed by atoms with E-state index in [1.54, 1.807) is 0 Å². The number of carbonyl (C=O) groups excluding carboxylic acids is 2. The summed E-state index contributed by atoms with van der Waals surface area (Å²) in [4.78, 5) is 22.5. The van der Waals surface area contributed by atoms with E-state index in [2.05, 4.69) is 10.5 Å². The van der Waals surface area contributed by atoms with Crippen molar-refractivity contribution in [2.45, 2.75) is 92.1 Å². The molecule has 0 fully saturated rings. The fourth-order valence-electron chi connectivity index (χ4n) is 3.55. The fourth-order valence-corrected chi connectivity index (χ4v) is 3.55. The Hall–Kier alpha value is -3.74. The fraction of sp³-hybridized carbons (Fsp3) is 0.640. The number of alkyl halides is 19. The lowest BCUT2D eigenvalue weighted by molar-refractivity contribution is -0.468. The van der Waals surface area contributed by atoms with Gasteiger partial charge >= 0.3 is 53.6 Å². The zero-order valence-corrected chi connectivity index (χ0v) is 24.6. The van der Waals surface area contributed by atoms with Crippen molar-refractivity contribution < 1.29 is 103 Å². The number of ether oxygens (including phenoxy) is 1. The number of halogens is 19. The van der Waals surface area contributed by atoms with Gasteiger partial charge in [-0.05, 0) is 49.1 Å². The number of carbonyl (C=O) groups is 2. The first-order valence-electron chi connectivity index (χ1n) is 13.4. The van der Waals surface area contributed by atoms with E-state index < -0.39 is 84.8 Å². The van der Waals surface area contributed by atoms with Gasteiger partial charge in [-0.25, -0.2) is 10.9 Å². The second kappa shape index (κ2) is 15.5. The molecule has 1 rings (SSSR count). The van der Waals surface area contributed by atoms with E-state index in [4.69, 9.17) is 9.94 Å². The van der Waals surface area contributed by atoms with Crippen molar-refractivity contribution in [3.8, 4) is 5.75 Å². The minimum Gasteiger partial charge on any atom is -0.494 e. The molecule has 294 valence electrons. The number of hydrazone groups is 1. The summed E-state index contributed by atoms with van der Waals surface area (Å²) >= 11 is 0. The van der Waals surface area contributed by atoms with E-state index in [-0.39, 0.29) is 37.0 Å². The molecule has 0 heterocycles. The maximum Gasteiger partial charge on any atom is 0.460 e. The van der Waals surface area contributed by atoms with E-state index in [0.717, 1.165) is 18.3 Å². The Kier molecular flexibility index (Phi) is 13.7. The highest BCUT2D eigenvalue weighted by Gasteiger charge is 2.96. The zero-order chi connectivity index (χ0) is 40.1. The monoisotopic (exact) mass is 789 g/mol. The summed E-state index contributed by atoms with van der Waals surface area (Å²) in [7, 11) is 0. The average Bonchev–Trinajstić information content (AvgIpc) is 3.00. The summed E-state index contributed by atoms with van der Waals surface area (Å²) in [6, 6.07) is 4.43. The van der Waals surface area contributed by atoms with Gasteiger partial charge in [-0.3, -0.25) is 14.8 Å². The third kappa shape index (κ3) is 8.84. The number of benzene rings is 1. The SMILES string of the molecule is O=C(CCCCC(=O)N/N=C/c1ccc(OCCCC(F)(F)C(F)(F)C(F)(F)C(F)(F)C(F)(F)C(F)(F)C(F)(F)C(F)(F)C(F)(F)F)cc1)NO. The van der Waals surface area contributed by atoms with Gasteiger partial charge in [-0.15, -0.1) is 0 Å². The summed E-state index contributed by atoms with van der Waals surface area (Å²) in [5.41, 5.74) is 3.71. The number of amides is 2. The van der Waals surface area contributed by atoms with Crippen LogP contribution in [-0.4, -0.2) is 83.4 Å². The Morgan fingerprint density at radius 1 is 0.608 bits per heavy atom. The molecule has 0 atom stereocenters. The normalized spacial score (nSPS) is 14.5. The molecule has 0 aliphatic heterocycles. The second-order valence-electron chi connectivity index (χ2n) is 10.3. The van der Waals surface area contributed by atoms with Crippen LogP contribution in [0.1, 0.15) is 44.1 Å². The number of nitrogens with one attached hydrogen (secondary N) is 2. The van der Waals surface area contributed by atoms with Crippen LogP contribution in [-0.2, 0) is 9.59 Å². The molecule has 26 heteroatoms. The first-order chi connectivity index (χ1) is 22.8. The molecule has 1 aromatic carbocycles. The predicted molar refractivity (Wildman–Crippen MR) is 131 cm³/mol. The predicted octanol–water partition coefficient (Wildman–Crippen LogP) is 8.01. The molecule has 0 radical (unpaired) electrons. The van der Waals surface area contributed by atoms with Crippen molar-refractivity contribution >= 4 is 18.0 Å². The van der Waals surface area contributed by atoms with Gasteiger partial charge in [0.25, 0.3) is 0 Å². The summed E-state index contributed by atoms with van der Waals surface area (Å²) in [5.74, 6) is -68.4. The van der Waals surface area contributed by atoms with Crippen LogP contribution in [0.15, 0.2) is 29.4 Å². The number of unbranched alkanes of at least 4 members (excludes halogenated alkanes) is 1. The Morgan fingerprint density at radius 3 is 1.45 bits per heavy atom. The van der Waals surface area contributed by atoms with Crippen molar-refractivity contribution in [2.24, 2.45) is 5.10 Å². The molecular formula is C25H22F19N3O4. The molecule has 2 amide bonds. The summed E-state index contributed by atoms with van der Waals surface area (Å²) < 4.78 is 260. The van der Waals surface area contributed by atoms with Crippen LogP contribution in [0, 0.1) is 0 Å². The van der Waals surface area contributed by atoms with Crippen molar-refractivity contribution in [3.05, 3.63) is 29.8 Å².